The molecule has 0 spiro atoms. The molecule has 0 aromatic heterocycles. The minimum atomic E-state index is -4.76. The first kappa shape index (κ1) is 15.3. The number of aliphatic hydroxyl groups excluding tert-OH is 1. The van der Waals surface area contributed by atoms with Gasteiger partial charge in [0, 0.05) is 15.1 Å². The van der Waals surface area contributed by atoms with Crippen LogP contribution in [0.15, 0.2) is 22.7 Å². The summed E-state index contributed by atoms with van der Waals surface area (Å²) in [7, 11) is 0. The van der Waals surface area contributed by atoms with Crippen LogP contribution in [-0.4, -0.2) is 29.8 Å². The average Bonchev–Trinajstić information content (AvgIpc) is 2.22. The Morgan fingerprint density at radius 2 is 2.06 bits per heavy atom. The molecule has 0 fully saturated rings. The Labute approximate surface area is 114 Å². The van der Waals surface area contributed by atoms with Crippen LogP contribution in [0.4, 0.5) is 13.2 Å². The van der Waals surface area contributed by atoms with Crippen LogP contribution in [0, 0.1) is 0 Å². The molecule has 0 heterocycles. The van der Waals surface area contributed by atoms with Crippen molar-refractivity contribution in [2.75, 3.05) is 6.54 Å². The lowest BCUT2D eigenvalue weighted by molar-refractivity contribution is -0.201. The number of hydrogen-bond acceptors (Lipinski definition) is 2. The van der Waals surface area contributed by atoms with Crippen LogP contribution in [0.1, 0.15) is 10.4 Å². The summed E-state index contributed by atoms with van der Waals surface area (Å²) in [5, 5.41) is 11.0. The summed E-state index contributed by atoms with van der Waals surface area (Å²) in [5.41, 5.74) is 0.101. The van der Waals surface area contributed by atoms with Gasteiger partial charge in [0.1, 0.15) is 0 Å². The molecule has 0 radical (unpaired) electrons. The van der Waals surface area contributed by atoms with E-state index in [9.17, 15) is 18.0 Å². The average molecular weight is 347 g/mol. The van der Waals surface area contributed by atoms with Crippen molar-refractivity contribution in [3.8, 4) is 0 Å². The Balaban J connectivity index is 2.66. The molecular weight excluding hydrogens is 338 g/mol. The molecule has 1 aromatic rings. The Morgan fingerprint density at radius 3 is 2.56 bits per heavy atom. The lowest BCUT2D eigenvalue weighted by Crippen LogP contribution is -2.40. The number of alkyl halides is 3. The molecule has 0 bridgehead atoms. The summed E-state index contributed by atoms with van der Waals surface area (Å²) in [6, 6.07) is 4.24. The third-order valence-corrected chi connectivity index (χ3v) is 2.63. The van der Waals surface area contributed by atoms with Crippen molar-refractivity contribution < 1.29 is 23.1 Å². The van der Waals surface area contributed by atoms with Crippen LogP contribution in [0.3, 0.4) is 0 Å². The first-order valence-electron chi connectivity index (χ1n) is 4.69. The fourth-order valence-electron chi connectivity index (χ4n) is 1.09. The van der Waals surface area contributed by atoms with Gasteiger partial charge in [-0.25, -0.2) is 0 Å². The number of halogens is 5. The Bertz CT molecular complexity index is 433. The monoisotopic (exact) mass is 345 g/mol. The highest BCUT2D eigenvalue weighted by atomic mass is 79.9. The van der Waals surface area contributed by atoms with Gasteiger partial charge in [0.2, 0.25) is 0 Å². The number of rotatable bonds is 3. The van der Waals surface area contributed by atoms with E-state index in [2.05, 4.69) is 15.9 Å². The summed E-state index contributed by atoms with van der Waals surface area (Å²) >= 11 is 8.79. The van der Waals surface area contributed by atoms with E-state index in [4.69, 9.17) is 16.7 Å². The smallest absolute Gasteiger partial charge is 0.382 e. The van der Waals surface area contributed by atoms with E-state index in [0.29, 0.717) is 4.47 Å². The van der Waals surface area contributed by atoms with Crippen molar-refractivity contribution >= 4 is 33.4 Å². The normalized spacial score (nSPS) is 13.2. The fourth-order valence-corrected chi connectivity index (χ4v) is 1.95. The maximum Gasteiger partial charge on any atom is 0.416 e. The van der Waals surface area contributed by atoms with Gasteiger partial charge in [0.25, 0.3) is 5.91 Å². The van der Waals surface area contributed by atoms with Gasteiger partial charge < -0.3 is 10.4 Å². The maximum atomic E-state index is 12.0. The Kier molecular flexibility index (Phi) is 5.01. The molecule has 8 heteroatoms. The second-order valence-electron chi connectivity index (χ2n) is 3.43. The molecule has 0 saturated carbocycles. The molecule has 3 nitrogen and oxygen atoms in total. The first-order chi connectivity index (χ1) is 8.20. The van der Waals surface area contributed by atoms with Gasteiger partial charge in [-0.3, -0.25) is 4.79 Å². The standard InChI is InChI=1S/C10H8BrClF3NO2/c11-6-1-5(2-7(12)3-6)9(18)16-4-8(17)10(13,14)15/h1-3,8,17H,4H2,(H,16,18). The lowest BCUT2D eigenvalue weighted by Gasteiger charge is -2.15. The van der Waals surface area contributed by atoms with Crippen molar-refractivity contribution in [3.05, 3.63) is 33.3 Å². The number of amides is 1. The lowest BCUT2D eigenvalue weighted by atomic mass is 10.2. The van der Waals surface area contributed by atoms with Crippen molar-refractivity contribution in [1.29, 1.82) is 0 Å². The van der Waals surface area contributed by atoms with Crippen LogP contribution in [-0.2, 0) is 0 Å². The zero-order chi connectivity index (χ0) is 13.9. The zero-order valence-electron chi connectivity index (χ0n) is 8.76. The third kappa shape index (κ3) is 4.47. The van der Waals surface area contributed by atoms with E-state index in [0.717, 1.165) is 0 Å². The molecule has 0 saturated heterocycles. The van der Waals surface area contributed by atoms with Gasteiger partial charge in [0.15, 0.2) is 6.10 Å². The minimum Gasteiger partial charge on any atom is -0.382 e. The molecule has 1 amide bonds. The van der Waals surface area contributed by atoms with Crippen LogP contribution >= 0.6 is 27.5 Å². The number of hydrogen-bond donors (Lipinski definition) is 2. The quantitative estimate of drug-likeness (QED) is 0.884. The van der Waals surface area contributed by atoms with E-state index in [1.165, 1.54) is 18.2 Å². The summed E-state index contributed by atoms with van der Waals surface area (Å²) in [6.45, 7) is -0.910. The molecule has 1 unspecified atom stereocenters. The molecule has 18 heavy (non-hydrogen) atoms. The Morgan fingerprint density at radius 1 is 1.44 bits per heavy atom. The van der Waals surface area contributed by atoms with Crippen LogP contribution < -0.4 is 5.32 Å². The predicted octanol–water partition coefficient (Wildman–Crippen LogP) is 2.76. The predicted molar refractivity (Wildman–Crippen MR) is 63.5 cm³/mol. The summed E-state index contributed by atoms with van der Waals surface area (Å²) in [5.74, 6) is -0.749. The van der Waals surface area contributed by atoms with Crippen LogP contribution in [0.25, 0.3) is 0 Å². The zero-order valence-corrected chi connectivity index (χ0v) is 11.1. The van der Waals surface area contributed by atoms with Gasteiger partial charge in [-0.05, 0) is 18.2 Å². The highest BCUT2D eigenvalue weighted by Gasteiger charge is 2.38. The van der Waals surface area contributed by atoms with Crippen molar-refractivity contribution in [3.63, 3.8) is 0 Å². The first-order valence-corrected chi connectivity index (χ1v) is 5.86. The number of benzene rings is 1. The minimum absolute atomic E-state index is 0.101. The van der Waals surface area contributed by atoms with E-state index in [1.54, 1.807) is 0 Å². The van der Waals surface area contributed by atoms with E-state index in [-0.39, 0.29) is 10.6 Å². The maximum absolute atomic E-state index is 12.0. The number of nitrogens with one attached hydrogen (secondary N) is 1. The van der Waals surface area contributed by atoms with E-state index in [1.807, 2.05) is 5.32 Å². The highest BCUT2D eigenvalue weighted by Crippen LogP contribution is 2.21. The van der Waals surface area contributed by atoms with Gasteiger partial charge in [-0.2, -0.15) is 13.2 Å². The molecule has 1 aromatic carbocycles. The number of carbonyl (C=O) groups excluding carboxylic acids is 1. The van der Waals surface area contributed by atoms with Gasteiger partial charge in [-0.15, -0.1) is 0 Å². The molecule has 0 aliphatic carbocycles. The summed E-state index contributed by atoms with van der Waals surface area (Å²) < 4.78 is 36.5. The number of aliphatic hydroxyl groups is 1. The molecule has 0 aliphatic rings. The molecular formula is C10H8BrClF3NO2. The van der Waals surface area contributed by atoms with Gasteiger partial charge in [0.05, 0.1) is 6.54 Å². The van der Waals surface area contributed by atoms with Gasteiger partial charge in [-0.1, -0.05) is 27.5 Å². The van der Waals surface area contributed by atoms with Crippen molar-refractivity contribution in [2.24, 2.45) is 0 Å². The van der Waals surface area contributed by atoms with Crippen LogP contribution in [0.2, 0.25) is 5.02 Å². The Hall–Kier alpha value is -0.790. The van der Waals surface area contributed by atoms with E-state index < -0.39 is 24.7 Å². The SMILES string of the molecule is O=C(NCC(O)C(F)(F)F)c1cc(Cl)cc(Br)c1. The van der Waals surface area contributed by atoms with Crippen molar-refractivity contribution in [2.45, 2.75) is 12.3 Å². The topological polar surface area (TPSA) is 49.3 Å². The molecule has 0 aliphatic heterocycles. The second-order valence-corrected chi connectivity index (χ2v) is 4.78. The number of carbonyl (C=O) groups is 1. The van der Waals surface area contributed by atoms with E-state index >= 15 is 0 Å². The molecule has 1 rings (SSSR count). The molecule has 100 valence electrons. The third-order valence-electron chi connectivity index (χ3n) is 1.96. The highest BCUT2D eigenvalue weighted by molar-refractivity contribution is 9.10. The van der Waals surface area contributed by atoms with Crippen molar-refractivity contribution in [1.82, 2.24) is 5.32 Å². The molecule has 1 atom stereocenters. The largest absolute Gasteiger partial charge is 0.416 e. The summed E-state index contributed by atoms with van der Waals surface area (Å²) in [4.78, 5) is 11.5. The molecule has 2 N–H and O–H groups in total. The fraction of sp³-hybridized carbons (Fsp3) is 0.300. The summed E-state index contributed by atoms with van der Waals surface area (Å²) in [6.07, 6.45) is -7.36. The van der Waals surface area contributed by atoms with Crippen LogP contribution in [0.5, 0.6) is 0 Å². The van der Waals surface area contributed by atoms with Gasteiger partial charge >= 0.3 is 6.18 Å². The second kappa shape index (κ2) is 5.90.